The van der Waals surface area contributed by atoms with Gasteiger partial charge in [-0.1, -0.05) is 18.2 Å². The molecule has 0 radical (unpaired) electrons. The normalized spacial score (nSPS) is 41.0. The van der Waals surface area contributed by atoms with Gasteiger partial charge >= 0.3 is 12.1 Å². The van der Waals surface area contributed by atoms with E-state index >= 15 is 0 Å². The van der Waals surface area contributed by atoms with Crippen molar-refractivity contribution >= 4 is 29.5 Å². The number of rotatable bonds is 1. The maximum Gasteiger partial charge on any atom is 0.510 e. The average Bonchev–Trinajstić information content (AvgIpc) is 3.32. The topological polar surface area (TPSA) is 123 Å². The van der Waals surface area contributed by atoms with Crippen LogP contribution in [0, 0.1) is 5.41 Å². The van der Waals surface area contributed by atoms with Crippen molar-refractivity contribution in [1.29, 1.82) is 0 Å². The molecule has 4 aliphatic heterocycles. The van der Waals surface area contributed by atoms with E-state index < -0.39 is 46.3 Å². The molecule has 10 heteroatoms. The van der Waals surface area contributed by atoms with Crippen molar-refractivity contribution in [2.24, 2.45) is 5.41 Å². The van der Waals surface area contributed by atoms with Gasteiger partial charge < -0.3 is 29.1 Å². The second-order valence-electron chi connectivity index (χ2n) is 9.29. The van der Waals surface area contributed by atoms with Crippen LogP contribution in [0.25, 0.3) is 0 Å². The van der Waals surface area contributed by atoms with Crippen LogP contribution >= 0.6 is 0 Å². The average molecular weight is 442 g/mol. The van der Waals surface area contributed by atoms with Gasteiger partial charge in [0.05, 0.1) is 18.9 Å². The fraction of sp³-hybridized carbons (Fsp3) is 0.545. The van der Waals surface area contributed by atoms with Crippen molar-refractivity contribution in [3.05, 3.63) is 29.8 Å². The Morgan fingerprint density at radius 1 is 1.22 bits per heavy atom. The Morgan fingerprint density at radius 2 is 1.97 bits per heavy atom. The minimum Gasteiger partial charge on any atom is -0.438 e. The van der Waals surface area contributed by atoms with Crippen LogP contribution in [-0.4, -0.2) is 72.1 Å². The van der Waals surface area contributed by atoms with Gasteiger partial charge in [-0.05, 0) is 24.5 Å². The lowest BCUT2D eigenvalue weighted by Gasteiger charge is -2.62. The first-order valence-electron chi connectivity index (χ1n) is 10.6. The molecule has 1 N–H and O–H groups in total. The molecule has 10 nitrogen and oxygen atoms in total. The largest absolute Gasteiger partial charge is 0.510 e. The Morgan fingerprint density at radius 3 is 2.72 bits per heavy atom. The number of benzene rings is 1. The first-order valence-corrected chi connectivity index (χ1v) is 10.6. The molecule has 1 aromatic carbocycles. The molecule has 1 aliphatic carbocycles. The molecule has 168 valence electrons. The number of hydrogen-bond acceptors (Lipinski definition) is 9. The van der Waals surface area contributed by atoms with Crippen LogP contribution in [0.15, 0.2) is 24.3 Å². The molecule has 1 aromatic rings. The van der Waals surface area contributed by atoms with Crippen LogP contribution in [0.2, 0.25) is 0 Å². The highest BCUT2D eigenvalue weighted by Gasteiger charge is 2.91. The number of hydrogen-bond donors (Lipinski definition) is 1. The summed E-state index contributed by atoms with van der Waals surface area (Å²) in [7, 11) is 2.74. The third-order valence-electron chi connectivity index (χ3n) is 8.21. The molecule has 0 unspecified atom stereocenters. The van der Waals surface area contributed by atoms with E-state index in [0.717, 1.165) is 7.11 Å². The van der Waals surface area contributed by atoms with E-state index in [0.29, 0.717) is 24.2 Å². The predicted octanol–water partition coefficient (Wildman–Crippen LogP) is 0.453. The molecule has 5 atom stereocenters. The zero-order chi connectivity index (χ0) is 22.7. The Labute approximate surface area is 183 Å². The highest BCUT2D eigenvalue weighted by Crippen LogP contribution is 2.74. The molecular weight excluding hydrogens is 420 g/mol. The molecular formula is C22H22N2O8. The number of methoxy groups -OCH3 is 1. The maximum absolute atomic E-state index is 14.2. The summed E-state index contributed by atoms with van der Waals surface area (Å²) < 4.78 is 16.0. The Kier molecular flexibility index (Phi) is 3.42. The van der Waals surface area contributed by atoms with E-state index in [2.05, 4.69) is 4.74 Å². The van der Waals surface area contributed by atoms with Gasteiger partial charge in [0.15, 0.2) is 0 Å². The van der Waals surface area contributed by atoms with E-state index in [1.165, 1.54) is 4.90 Å². The number of likely N-dealkylation sites (N-methyl/N-ethyl adjacent to an activating group) is 1. The second kappa shape index (κ2) is 5.61. The smallest absolute Gasteiger partial charge is 0.438 e. The van der Waals surface area contributed by atoms with E-state index in [-0.39, 0.29) is 25.2 Å². The van der Waals surface area contributed by atoms with Crippen molar-refractivity contribution in [2.75, 3.05) is 25.6 Å². The summed E-state index contributed by atoms with van der Waals surface area (Å²) in [4.78, 5) is 55.8. The SMILES string of the molecule is COC(=O)O[C@@]1(O)C(=O)[C@@]23CCCN4C(=O)C[C@]5(c6ccccc6N(C)[C@H]15)[C@]42OC(=O)C3. The number of anilines is 1. The number of amides is 1. The number of aliphatic hydroxyl groups is 1. The number of nitrogens with zero attached hydrogens (tertiary/aromatic N) is 2. The van der Waals surface area contributed by atoms with Crippen LogP contribution in [0.4, 0.5) is 10.5 Å². The number of Topliss-reactive ketones (excluding diaryl/α,β-unsaturated/α-hetero) is 1. The molecule has 0 aromatic heterocycles. The van der Waals surface area contributed by atoms with Gasteiger partial charge in [0.2, 0.25) is 17.4 Å². The molecule has 0 bridgehead atoms. The molecule has 5 aliphatic rings. The monoisotopic (exact) mass is 442 g/mol. The Hall–Kier alpha value is -3.14. The van der Waals surface area contributed by atoms with Crippen LogP contribution < -0.4 is 4.90 Å². The highest BCUT2D eigenvalue weighted by atomic mass is 16.8. The third-order valence-corrected chi connectivity index (χ3v) is 8.21. The lowest BCUT2D eigenvalue weighted by molar-refractivity contribution is -0.278. The van der Waals surface area contributed by atoms with Crippen molar-refractivity contribution in [2.45, 2.75) is 48.7 Å². The summed E-state index contributed by atoms with van der Waals surface area (Å²) in [5.41, 5.74) is -3.14. The zero-order valence-corrected chi connectivity index (χ0v) is 17.6. The summed E-state index contributed by atoms with van der Waals surface area (Å²) in [6, 6.07) is 6.01. The van der Waals surface area contributed by atoms with E-state index in [1.807, 2.05) is 6.07 Å². The van der Waals surface area contributed by atoms with Gasteiger partial charge in [0.25, 0.3) is 5.79 Å². The number of carbonyl (C=O) groups excluding carboxylic acids is 4. The predicted molar refractivity (Wildman–Crippen MR) is 105 cm³/mol. The number of fused-ring (bicyclic) bond motifs is 1. The van der Waals surface area contributed by atoms with Crippen molar-refractivity contribution in [3.63, 3.8) is 0 Å². The lowest BCUT2D eigenvalue weighted by Crippen LogP contribution is -2.83. The highest BCUT2D eigenvalue weighted by molar-refractivity contribution is 6.05. The fourth-order valence-electron chi connectivity index (χ4n) is 7.46. The number of esters is 1. The standard InChI is InChI=1S/C22H22N2O8/c1-23-13-7-4-3-6-12(13)20-10-14(25)24-9-5-8-19(11-15(26)31-22(19,20)24)17(27)21(29,16(20)23)32-18(28)30-2/h3-4,6-7,16,29H,5,8-11H2,1-2H3/t16-,19-,20+,21+,22-/m0/s1. The van der Waals surface area contributed by atoms with Crippen molar-refractivity contribution in [1.82, 2.24) is 4.90 Å². The van der Waals surface area contributed by atoms with Gasteiger partial charge in [-0.3, -0.25) is 14.4 Å². The summed E-state index contributed by atoms with van der Waals surface area (Å²) in [6.45, 7) is 0.331. The Bertz CT molecular complexity index is 1120. The number of ether oxygens (including phenoxy) is 3. The second-order valence-corrected chi connectivity index (χ2v) is 9.29. The molecule has 3 saturated heterocycles. The molecule has 32 heavy (non-hydrogen) atoms. The van der Waals surface area contributed by atoms with Gasteiger partial charge in [-0.25, -0.2) is 4.79 Å². The van der Waals surface area contributed by atoms with Gasteiger partial charge in [-0.2, -0.15) is 0 Å². The fourth-order valence-corrected chi connectivity index (χ4v) is 7.46. The third kappa shape index (κ3) is 1.70. The first-order chi connectivity index (χ1) is 15.2. The van der Waals surface area contributed by atoms with Crippen LogP contribution in [0.5, 0.6) is 0 Å². The summed E-state index contributed by atoms with van der Waals surface area (Å²) >= 11 is 0. The van der Waals surface area contributed by atoms with E-state index in [4.69, 9.17) is 9.47 Å². The molecule has 4 heterocycles. The quantitative estimate of drug-likeness (QED) is 0.488. The summed E-state index contributed by atoms with van der Waals surface area (Å²) in [5.74, 6) is -4.38. The van der Waals surface area contributed by atoms with E-state index in [1.54, 1.807) is 30.1 Å². The minimum atomic E-state index is -2.66. The summed E-state index contributed by atoms with van der Waals surface area (Å²) in [5, 5.41) is 11.9. The van der Waals surface area contributed by atoms with Gasteiger partial charge in [0, 0.05) is 25.7 Å². The molecule has 1 saturated carbocycles. The van der Waals surface area contributed by atoms with Crippen LogP contribution in [0.1, 0.15) is 31.2 Å². The Balaban J connectivity index is 1.74. The summed E-state index contributed by atoms with van der Waals surface area (Å²) in [6.07, 6.45) is -0.972. The first kappa shape index (κ1) is 19.5. The van der Waals surface area contributed by atoms with Crippen molar-refractivity contribution < 1.29 is 38.5 Å². The van der Waals surface area contributed by atoms with Crippen LogP contribution in [0.3, 0.4) is 0 Å². The van der Waals surface area contributed by atoms with Gasteiger partial charge in [-0.15, -0.1) is 0 Å². The molecule has 2 spiro atoms. The molecule has 1 amide bonds. The van der Waals surface area contributed by atoms with E-state index in [9.17, 15) is 24.3 Å². The number of para-hydroxylation sites is 1. The number of piperidine rings is 1. The van der Waals surface area contributed by atoms with Gasteiger partial charge in [0.1, 0.15) is 11.5 Å². The maximum atomic E-state index is 14.2. The molecule has 4 fully saturated rings. The minimum absolute atomic E-state index is 0.103. The number of ketones is 1. The van der Waals surface area contributed by atoms with Crippen LogP contribution in [-0.2, 0) is 34.0 Å². The molecule has 6 rings (SSSR count). The zero-order valence-electron chi connectivity index (χ0n) is 17.6. The number of carbonyl (C=O) groups is 4. The van der Waals surface area contributed by atoms with Crippen molar-refractivity contribution in [3.8, 4) is 0 Å². The lowest BCUT2D eigenvalue weighted by atomic mass is 9.48.